The number of halogens is 1. The molecule has 106 valence electrons. The van der Waals surface area contributed by atoms with Gasteiger partial charge < -0.3 is 10.2 Å². The van der Waals surface area contributed by atoms with E-state index in [1.807, 2.05) is 11.9 Å². The predicted octanol–water partition coefficient (Wildman–Crippen LogP) is 2.69. The molecular weight excluding hydrogens is 260 g/mol. The van der Waals surface area contributed by atoms with E-state index in [9.17, 15) is 4.79 Å². The molecule has 1 fully saturated rings. The number of hydrogen-bond donors (Lipinski definition) is 1. The first-order valence-electron chi connectivity index (χ1n) is 6.73. The molecule has 2 rings (SSSR count). The number of piperidine rings is 1. The third-order valence-corrected chi connectivity index (χ3v) is 3.61. The number of rotatable bonds is 3. The molecular formula is C15H23ClN2O. The summed E-state index contributed by atoms with van der Waals surface area (Å²) in [5, 5.41) is 2.95. The molecule has 3 nitrogen and oxygen atoms in total. The van der Waals surface area contributed by atoms with Gasteiger partial charge in [-0.2, -0.15) is 0 Å². The summed E-state index contributed by atoms with van der Waals surface area (Å²) < 4.78 is 0. The lowest BCUT2D eigenvalue weighted by molar-refractivity contribution is -0.134. The summed E-state index contributed by atoms with van der Waals surface area (Å²) in [5.41, 5.74) is 2.53. The number of hydrogen-bond acceptors (Lipinski definition) is 2. The molecule has 1 aliphatic rings. The molecule has 4 heteroatoms. The van der Waals surface area contributed by atoms with Gasteiger partial charge in [0.15, 0.2) is 0 Å². The van der Waals surface area contributed by atoms with E-state index in [2.05, 4.69) is 36.5 Å². The van der Waals surface area contributed by atoms with Crippen LogP contribution in [0.5, 0.6) is 0 Å². The smallest absolute Gasteiger partial charge is 0.237 e. The zero-order valence-electron chi connectivity index (χ0n) is 11.7. The van der Waals surface area contributed by atoms with Crippen molar-refractivity contribution in [2.24, 2.45) is 0 Å². The average Bonchev–Trinajstić information content (AvgIpc) is 2.40. The number of likely N-dealkylation sites (N-methyl/N-ethyl adjacent to an activating group) is 1. The van der Waals surface area contributed by atoms with Crippen LogP contribution in [0.2, 0.25) is 0 Å². The maximum atomic E-state index is 12.1. The summed E-state index contributed by atoms with van der Waals surface area (Å²) in [7, 11) is 1.82. The van der Waals surface area contributed by atoms with Crippen molar-refractivity contribution in [3.8, 4) is 0 Å². The van der Waals surface area contributed by atoms with Crippen LogP contribution >= 0.6 is 12.4 Å². The number of benzene rings is 1. The first-order chi connectivity index (χ1) is 8.72. The van der Waals surface area contributed by atoms with Gasteiger partial charge in [-0.05, 0) is 38.8 Å². The van der Waals surface area contributed by atoms with Crippen LogP contribution in [0.1, 0.15) is 36.4 Å². The van der Waals surface area contributed by atoms with Gasteiger partial charge in [0.25, 0.3) is 0 Å². The van der Waals surface area contributed by atoms with Crippen LogP contribution in [0.4, 0.5) is 0 Å². The maximum Gasteiger partial charge on any atom is 0.237 e. The second kappa shape index (κ2) is 7.51. The fraction of sp³-hybridized carbons (Fsp3) is 0.533. The lowest BCUT2D eigenvalue weighted by Gasteiger charge is -2.36. The van der Waals surface area contributed by atoms with Crippen molar-refractivity contribution in [1.29, 1.82) is 0 Å². The molecule has 0 saturated carbocycles. The van der Waals surface area contributed by atoms with Crippen LogP contribution in [-0.4, -0.2) is 30.9 Å². The fourth-order valence-corrected chi connectivity index (χ4v) is 2.62. The van der Waals surface area contributed by atoms with Crippen molar-refractivity contribution < 1.29 is 4.79 Å². The minimum atomic E-state index is 0. The Morgan fingerprint density at radius 1 is 1.32 bits per heavy atom. The molecule has 1 aromatic carbocycles. The Balaban J connectivity index is 0.00000180. The zero-order chi connectivity index (χ0) is 13.0. The molecule has 1 aliphatic heterocycles. The SMILES string of the molecule is CNCC(=O)N1CCCCC1c1ccc(C)cc1.Cl. The first kappa shape index (κ1) is 16.0. The molecule has 0 bridgehead atoms. The number of amides is 1. The highest BCUT2D eigenvalue weighted by atomic mass is 35.5. The van der Waals surface area contributed by atoms with E-state index in [-0.39, 0.29) is 24.4 Å². The van der Waals surface area contributed by atoms with Gasteiger partial charge in [-0.15, -0.1) is 12.4 Å². The van der Waals surface area contributed by atoms with E-state index in [0.717, 1.165) is 19.4 Å². The summed E-state index contributed by atoms with van der Waals surface area (Å²) >= 11 is 0. The Morgan fingerprint density at radius 2 is 2.00 bits per heavy atom. The molecule has 0 aromatic heterocycles. The van der Waals surface area contributed by atoms with Gasteiger partial charge in [-0.25, -0.2) is 0 Å². The highest BCUT2D eigenvalue weighted by molar-refractivity contribution is 5.85. The molecule has 19 heavy (non-hydrogen) atoms. The van der Waals surface area contributed by atoms with Crippen LogP contribution in [0, 0.1) is 6.92 Å². The summed E-state index contributed by atoms with van der Waals surface area (Å²) in [6.45, 7) is 3.41. The summed E-state index contributed by atoms with van der Waals surface area (Å²) in [6.07, 6.45) is 3.41. The van der Waals surface area contributed by atoms with E-state index in [1.54, 1.807) is 0 Å². The van der Waals surface area contributed by atoms with Crippen LogP contribution in [0.15, 0.2) is 24.3 Å². The second-order valence-electron chi connectivity index (χ2n) is 5.04. The van der Waals surface area contributed by atoms with E-state index in [0.29, 0.717) is 6.54 Å². The summed E-state index contributed by atoms with van der Waals surface area (Å²) in [6, 6.07) is 8.84. The number of likely N-dealkylation sites (tertiary alicyclic amines) is 1. The van der Waals surface area contributed by atoms with Crippen molar-refractivity contribution in [2.45, 2.75) is 32.2 Å². The molecule has 0 spiro atoms. The van der Waals surface area contributed by atoms with Gasteiger partial charge in [0.2, 0.25) is 5.91 Å². The number of carbonyl (C=O) groups excluding carboxylic acids is 1. The van der Waals surface area contributed by atoms with Crippen LogP contribution < -0.4 is 5.32 Å². The third-order valence-electron chi connectivity index (χ3n) is 3.61. The maximum absolute atomic E-state index is 12.1. The highest BCUT2D eigenvalue weighted by Crippen LogP contribution is 2.30. The van der Waals surface area contributed by atoms with Crippen LogP contribution in [-0.2, 0) is 4.79 Å². The van der Waals surface area contributed by atoms with Gasteiger partial charge >= 0.3 is 0 Å². The van der Waals surface area contributed by atoms with E-state index in [4.69, 9.17) is 0 Å². The van der Waals surface area contributed by atoms with Gasteiger partial charge in [0, 0.05) is 6.54 Å². The number of aryl methyl sites for hydroxylation is 1. The van der Waals surface area contributed by atoms with Gasteiger partial charge in [-0.3, -0.25) is 4.79 Å². The Labute approximate surface area is 121 Å². The summed E-state index contributed by atoms with van der Waals surface area (Å²) in [5.74, 6) is 0.211. The minimum absolute atomic E-state index is 0. The Kier molecular flexibility index (Phi) is 6.32. The van der Waals surface area contributed by atoms with Crippen LogP contribution in [0.25, 0.3) is 0 Å². The Hall–Kier alpha value is -1.06. The second-order valence-corrected chi connectivity index (χ2v) is 5.04. The van der Waals surface area contributed by atoms with Gasteiger partial charge in [-0.1, -0.05) is 29.8 Å². The topological polar surface area (TPSA) is 32.3 Å². The molecule has 1 saturated heterocycles. The minimum Gasteiger partial charge on any atom is -0.335 e. The van der Waals surface area contributed by atoms with Crippen molar-refractivity contribution in [1.82, 2.24) is 10.2 Å². The monoisotopic (exact) mass is 282 g/mol. The van der Waals surface area contributed by atoms with Crippen LogP contribution in [0.3, 0.4) is 0 Å². The number of carbonyl (C=O) groups is 1. The quantitative estimate of drug-likeness (QED) is 0.924. The molecule has 0 radical (unpaired) electrons. The molecule has 0 aliphatic carbocycles. The zero-order valence-corrected chi connectivity index (χ0v) is 12.5. The van der Waals surface area contributed by atoms with Crippen molar-refractivity contribution in [3.63, 3.8) is 0 Å². The average molecular weight is 283 g/mol. The lowest BCUT2D eigenvalue weighted by Crippen LogP contribution is -2.42. The standard InChI is InChI=1S/C15H22N2O.ClH/c1-12-6-8-13(9-7-12)14-5-3-4-10-17(14)15(18)11-16-2;/h6-9,14,16H,3-5,10-11H2,1-2H3;1H. The third kappa shape index (κ3) is 3.95. The lowest BCUT2D eigenvalue weighted by atomic mass is 9.94. The van der Waals surface area contributed by atoms with Crippen molar-refractivity contribution in [3.05, 3.63) is 35.4 Å². The predicted molar refractivity (Wildman–Crippen MR) is 80.7 cm³/mol. The highest BCUT2D eigenvalue weighted by Gasteiger charge is 2.27. The molecule has 1 amide bonds. The molecule has 1 unspecified atom stereocenters. The van der Waals surface area contributed by atoms with Crippen molar-refractivity contribution in [2.75, 3.05) is 20.1 Å². The molecule has 1 N–H and O–H groups in total. The van der Waals surface area contributed by atoms with E-state index < -0.39 is 0 Å². The van der Waals surface area contributed by atoms with Crippen molar-refractivity contribution >= 4 is 18.3 Å². The fourth-order valence-electron chi connectivity index (χ4n) is 2.62. The molecule has 1 heterocycles. The molecule has 1 aromatic rings. The normalized spacial score (nSPS) is 18.8. The van der Waals surface area contributed by atoms with Gasteiger partial charge in [0.1, 0.15) is 0 Å². The largest absolute Gasteiger partial charge is 0.335 e. The van der Waals surface area contributed by atoms with E-state index in [1.165, 1.54) is 17.5 Å². The Morgan fingerprint density at radius 3 is 2.63 bits per heavy atom. The Bertz CT molecular complexity index is 405. The first-order valence-corrected chi connectivity index (χ1v) is 6.73. The molecule has 1 atom stereocenters. The van der Waals surface area contributed by atoms with Gasteiger partial charge in [0.05, 0.1) is 12.6 Å². The number of nitrogens with one attached hydrogen (secondary N) is 1. The summed E-state index contributed by atoms with van der Waals surface area (Å²) in [4.78, 5) is 14.1. The number of nitrogens with zero attached hydrogens (tertiary/aromatic N) is 1. The van der Waals surface area contributed by atoms with E-state index >= 15 is 0 Å².